The van der Waals surface area contributed by atoms with Crippen molar-refractivity contribution >= 4 is 41.0 Å². The van der Waals surface area contributed by atoms with E-state index in [9.17, 15) is 9.90 Å². The Kier molecular flexibility index (Phi) is 4.89. The summed E-state index contributed by atoms with van der Waals surface area (Å²) in [6.07, 6.45) is -1.86. The maximum Gasteiger partial charge on any atom is 0.278 e. The Hall–Kier alpha value is 0.1000. The number of alkyl halides is 3. The smallest absolute Gasteiger partial charge is 0.278 e. The minimum absolute atomic E-state index is 1.07. The lowest BCUT2D eigenvalue weighted by Gasteiger charge is -2.12. The van der Waals surface area contributed by atoms with Crippen molar-refractivity contribution in [3.05, 3.63) is 0 Å². The predicted molar refractivity (Wildman–Crippen MR) is 32.7 cm³/mol. The Morgan fingerprint density at radius 1 is 1.40 bits per heavy atom. The SMILES string of the molecule is O=C([O-])OOC(Cl)C(Cl)Cl. The van der Waals surface area contributed by atoms with Gasteiger partial charge in [-0.1, -0.05) is 11.6 Å². The summed E-state index contributed by atoms with van der Waals surface area (Å²) in [6.45, 7) is 0. The predicted octanol–water partition coefficient (Wildman–Crippen LogP) is 0.646. The van der Waals surface area contributed by atoms with Gasteiger partial charge in [-0.3, -0.25) is 0 Å². The van der Waals surface area contributed by atoms with Crippen LogP contribution in [0.15, 0.2) is 0 Å². The van der Waals surface area contributed by atoms with Crippen molar-refractivity contribution in [1.29, 1.82) is 0 Å². The van der Waals surface area contributed by atoms with Crippen LogP contribution in [0.1, 0.15) is 0 Å². The monoisotopic (exact) mass is 207 g/mol. The van der Waals surface area contributed by atoms with Crippen LogP contribution in [-0.2, 0) is 9.78 Å². The van der Waals surface area contributed by atoms with Gasteiger partial charge in [-0.25, -0.2) is 4.89 Å². The molecule has 0 aliphatic carbocycles. The molecular weight excluding hydrogens is 206 g/mol. The van der Waals surface area contributed by atoms with Crippen molar-refractivity contribution in [1.82, 2.24) is 0 Å². The van der Waals surface area contributed by atoms with Crippen molar-refractivity contribution in [2.45, 2.75) is 10.4 Å². The van der Waals surface area contributed by atoms with Gasteiger partial charge in [0.05, 0.1) is 0 Å². The molecule has 0 aliphatic rings. The first-order chi connectivity index (χ1) is 4.54. The number of carboxylic acid groups (broad SMARTS) is 1. The number of rotatable bonds is 3. The summed E-state index contributed by atoms with van der Waals surface area (Å²) in [5, 5.41) is 9.52. The first-order valence-corrected chi connectivity index (χ1v) is 3.31. The van der Waals surface area contributed by atoms with E-state index in [0.29, 0.717) is 0 Å². The van der Waals surface area contributed by atoms with Gasteiger partial charge in [0.2, 0.25) is 0 Å². The highest BCUT2D eigenvalue weighted by Crippen LogP contribution is 2.14. The van der Waals surface area contributed by atoms with E-state index in [0.717, 1.165) is 0 Å². The molecule has 1 atom stereocenters. The molecule has 0 heterocycles. The van der Waals surface area contributed by atoms with Crippen LogP contribution in [0.2, 0.25) is 0 Å². The van der Waals surface area contributed by atoms with Gasteiger partial charge in [0.25, 0.3) is 6.16 Å². The number of carbonyl (C=O) groups excluding carboxylic acids is 1. The molecular formula is C3H2Cl3O4-. The van der Waals surface area contributed by atoms with Crippen LogP contribution in [0.25, 0.3) is 0 Å². The third-order valence-electron chi connectivity index (χ3n) is 0.406. The molecule has 7 heteroatoms. The van der Waals surface area contributed by atoms with Crippen LogP contribution in [-0.4, -0.2) is 16.6 Å². The average Bonchev–Trinajstić information content (AvgIpc) is 1.82. The highest BCUT2D eigenvalue weighted by molar-refractivity contribution is 6.48. The van der Waals surface area contributed by atoms with E-state index >= 15 is 0 Å². The van der Waals surface area contributed by atoms with E-state index < -0.39 is 16.6 Å². The third-order valence-corrected chi connectivity index (χ3v) is 1.45. The summed E-state index contributed by atoms with van der Waals surface area (Å²) in [4.78, 5) is 15.8. The van der Waals surface area contributed by atoms with Crippen molar-refractivity contribution in [2.24, 2.45) is 0 Å². The first kappa shape index (κ1) is 10.1. The molecule has 0 aromatic heterocycles. The van der Waals surface area contributed by atoms with Crippen LogP contribution in [0.3, 0.4) is 0 Å². The summed E-state index contributed by atoms with van der Waals surface area (Å²) < 4.78 is 0. The maximum absolute atomic E-state index is 9.52. The molecule has 0 bridgehead atoms. The Bertz CT molecular complexity index is 116. The van der Waals surface area contributed by atoms with Gasteiger partial charge in [-0.2, -0.15) is 0 Å². The molecule has 0 rings (SSSR count). The second-order valence-electron chi connectivity index (χ2n) is 1.12. The number of halogens is 3. The van der Waals surface area contributed by atoms with Gasteiger partial charge < -0.3 is 14.8 Å². The molecule has 0 aromatic rings. The zero-order valence-electron chi connectivity index (χ0n) is 4.42. The standard InChI is InChI=1S/C3H3Cl3O4/c4-1(5)2(6)9-10-3(7)8/h1-2H,(H,7,8)/p-1. The molecule has 0 N–H and O–H groups in total. The van der Waals surface area contributed by atoms with Gasteiger partial charge in [-0.05, 0) is 0 Å². The summed E-state index contributed by atoms with van der Waals surface area (Å²) >= 11 is 15.4. The van der Waals surface area contributed by atoms with Crippen LogP contribution in [0.5, 0.6) is 0 Å². The van der Waals surface area contributed by atoms with Gasteiger partial charge in [0.15, 0.2) is 5.56 Å². The van der Waals surface area contributed by atoms with Gasteiger partial charge in [0.1, 0.15) is 4.84 Å². The molecule has 0 amide bonds. The van der Waals surface area contributed by atoms with Crippen molar-refractivity contribution in [3.63, 3.8) is 0 Å². The number of hydrogen-bond acceptors (Lipinski definition) is 4. The highest BCUT2D eigenvalue weighted by atomic mass is 35.5. The van der Waals surface area contributed by atoms with E-state index in [4.69, 9.17) is 34.8 Å². The van der Waals surface area contributed by atoms with Crippen LogP contribution in [0.4, 0.5) is 4.79 Å². The van der Waals surface area contributed by atoms with Crippen molar-refractivity contribution < 1.29 is 19.7 Å². The Balaban J connectivity index is 3.39. The zero-order chi connectivity index (χ0) is 8.15. The molecule has 0 saturated heterocycles. The van der Waals surface area contributed by atoms with Gasteiger partial charge in [-0.15, -0.1) is 23.2 Å². The largest absolute Gasteiger partial charge is 0.424 e. The van der Waals surface area contributed by atoms with E-state index in [1.54, 1.807) is 0 Å². The Morgan fingerprint density at radius 2 is 1.90 bits per heavy atom. The fourth-order valence-corrected chi connectivity index (χ4v) is 0.248. The second-order valence-corrected chi connectivity index (χ2v) is 2.71. The molecule has 60 valence electrons. The lowest BCUT2D eigenvalue weighted by atomic mass is 10.8. The van der Waals surface area contributed by atoms with E-state index in [1.807, 2.05) is 0 Å². The van der Waals surface area contributed by atoms with Gasteiger partial charge >= 0.3 is 0 Å². The minimum Gasteiger partial charge on any atom is -0.424 e. The topological polar surface area (TPSA) is 58.6 Å². The summed E-state index contributed by atoms with van der Waals surface area (Å²) in [7, 11) is 0. The molecule has 0 aliphatic heterocycles. The molecule has 0 spiro atoms. The summed E-state index contributed by atoms with van der Waals surface area (Å²) in [6, 6.07) is 0. The Morgan fingerprint density at radius 3 is 2.20 bits per heavy atom. The van der Waals surface area contributed by atoms with Gasteiger partial charge in [0, 0.05) is 0 Å². The molecule has 0 aromatic carbocycles. The normalized spacial score (nSPS) is 13.2. The fraction of sp³-hybridized carbons (Fsp3) is 0.667. The molecule has 0 fully saturated rings. The second kappa shape index (κ2) is 4.85. The quantitative estimate of drug-likeness (QED) is 0.388. The summed E-state index contributed by atoms with van der Waals surface area (Å²) in [5.74, 6) is 0. The van der Waals surface area contributed by atoms with Crippen LogP contribution < -0.4 is 5.11 Å². The van der Waals surface area contributed by atoms with Crippen LogP contribution >= 0.6 is 34.8 Å². The van der Waals surface area contributed by atoms with Crippen molar-refractivity contribution in [3.8, 4) is 0 Å². The van der Waals surface area contributed by atoms with E-state index in [2.05, 4.69) is 9.78 Å². The molecule has 4 nitrogen and oxygen atoms in total. The lowest BCUT2D eigenvalue weighted by Crippen LogP contribution is -2.26. The molecule has 1 unspecified atom stereocenters. The molecule has 0 saturated carbocycles. The van der Waals surface area contributed by atoms with Crippen molar-refractivity contribution in [2.75, 3.05) is 0 Å². The maximum atomic E-state index is 9.52. The molecule has 0 radical (unpaired) electrons. The van der Waals surface area contributed by atoms with E-state index in [-0.39, 0.29) is 0 Å². The summed E-state index contributed by atoms with van der Waals surface area (Å²) in [5.41, 5.74) is -1.23. The number of hydrogen-bond donors (Lipinski definition) is 0. The third kappa shape index (κ3) is 4.93. The first-order valence-electron chi connectivity index (χ1n) is 2.00. The lowest BCUT2D eigenvalue weighted by molar-refractivity contribution is -0.364. The fourth-order valence-electron chi connectivity index (χ4n) is 0.127. The van der Waals surface area contributed by atoms with Crippen LogP contribution in [0, 0.1) is 0 Å². The van der Waals surface area contributed by atoms with E-state index in [1.165, 1.54) is 0 Å². The number of carbonyl (C=O) groups is 1. The Labute approximate surface area is 71.5 Å². The zero-order valence-corrected chi connectivity index (χ0v) is 6.69. The highest BCUT2D eigenvalue weighted by Gasteiger charge is 2.13. The average molecular weight is 208 g/mol. The molecule has 10 heavy (non-hydrogen) atoms. The minimum atomic E-state index is -1.86.